The molecule has 4 aliphatic carbocycles. The lowest BCUT2D eigenvalue weighted by Crippen LogP contribution is -2.48. The number of hydrogen-bond donors (Lipinski definition) is 3. The third-order valence-corrected chi connectivity index (χ3v) is 8.54. The highest BCUT2D eigenvalue weighted by molar-refractivity contribution is 7.80. The largest absolute Gasteiger partial charge is 0.451 e. The molecule has 4 saturated carbocycles. The maximum atomic E-state index is 12.9. The number of carbonyl (C=O) groups excluding carboxylic acids is 2. The Morgan fingerprint density at radius 1 is 0.972 bits per heavy atom. The SMILES string of the molecule is Cc1cc(NC(=S)NC(=O)CC23CC4CC(CC(C4)C2)C3)ccc1NC(=O)c1cc2ccccc2o1. The van der Waals surface area contributed by atoms with Crippen LogP contribution in [-0.4, -0.2) is 16.9 Å². The minimum atomic E-state index is -0.303. The first-order valence-corrected chi connectivity index (χ1v) is 13.3. The van der Waals surface area contributed by atoms with Crippen LogP contribution in [-0.2, 0) is 4.79 Å². The van der Waals surface area contributed by atoms with Gasteiger partial charge in [0.15, 0.2) is 10.9 Å². The summed E-state index contributed by atoms with van der Waals surface area (Å²) in [6.45, 7) is 1.91. The molecule has 0 unspecified atom stereocenters. The lowest BCUT2D eigenvalue weighted by molar-refractivity contribution is -0.127. The van der Waals surface area contributed by atoms with Crippen molar-refractivity contribution in [2.75, 3.05) is 10.6 Å². The molecule has 0 spiro atoms. The maximum absolute atomic E-state index is 12.9. The normalized spacial score (nSPS) is 26.1. The van der Waals surface area contributed by atoms with E-state index < -0.39 is 0 Å². The predicted molar refractivity (Wildman–Crippen MR) is 145 cm³/mol. The van der Waals surface area contributed by atoms with Crippen LogP contribution in [0.3, 0.4) is 0 Å². The Kier molecular flexibility index (Phi) is 5.83. The van der Waals surface area contributed by atoms with Gasteiger partial charge in [0.2, 0.25) is 5.91 Å². The van der Waals surface area contributed by atoms with Crippen molar-refractivity contribution in [3.63, 3.8) is 0 Å². The molecule has 4 fully saturated rings. The zero-order valence-electron chi connectivity index (χ0n) is 20.4. The number of hydrogen-bond acceptors (Lipinski definition) is 4. The van der Waals surface area contributed by atoms with Gasteiger partial charge in [-0.3, -0.25) is 9.59 Å². The van der Waals surface area contributed by atoms with Crippen molar-refractivity contribution >= 4 is 51.5 Å². The summed E-state index contributed by atoms with van der Waals surface area (Å²) >= 11 is 5.44. The topological polar surface area (TPSA) is 83.4 Å². The van der Waals surface area contributed by atoms with Crippen LogP contribution in [0.1, 0.15) is 61.1 Å². The Balaban J connectivity index is 1.04. The fraction of sp³-hybridized carbons (Fsp3) is 0.414. The van der Waals surface area contributed by atoms with E-state index >= 15 is 0 Å². The van der Waals surface area contributed by atoms with Crippen molar-refractivity contribution in [1.82, 2.24) is 5.32 Å². The van der Waals surface area contributed by atoms with Crippen LogP contribution in [0.2, 0.25) is 0 Å². The summed E-state index contributed by atoms with van der Waals surface area (Å²) in [7, 11) is 0. The molecule has 1 aromatic heterocycles. The van der Waals surface area contributed by atoms with Gasteiger partial charge in [-0.25, -0.2) is 0 Å². The molecule has 2 amide bonds. The van der Waals surface area contributed by atoms with E-state index in [2.05, 4.69) is 16.0 Å². The first kappa shape index (κ1) is 23.2. The molecule has 1 heterocycles. The lowest BCUT2D eigenvalue weighted by atomic mass is 9.49. The summed E-state index contributed by atoms with van der Waals surface area (Å²) in [6, 6.07) is 14.8. The van der Waals surface area contributed by atoms with Crippen molar-refractivity contribution in [2.24, 2.45) is 23.2 Å². The molecule has 0 radical (unpaired) electrons. The van der Waals surface area contributed by atoms with E-state index in [-0.39, 0.29) is 23.0 Å². The summed E-state index contributed by atoms with van der Waals surface area (Å²) in [5.74, 6) is 2.44. The Hall–Kier alpha value is -3.19. The fourth-order valence-corrected chi connectivity index (χ4v) is 7.57. The zero-order valence-corrected chi connectivity index (χ0v) is 21.3. The van der Waals surface area contributed by atoms with Crippen LogP contribution in [0.4, 0.5) is 11.4 Å². The van der Waals surface area contributed by atoms with Crippen molar-refractivity contribution in [3.05, 3.63) is 59.9 Å². The molecule has 186 valence electrons. The van der Waals surface area contributed by atoms with Gasteiger partial charge in [0.05, 0.1) is 0 Å². The molecular weight excluding hydrogens is 470 g/mol. The van der Waals surface area contributed by atoms with Crippen molar-refractivity contribution in [2.45, 2.75) is 51.9 Å². The molecule has 3 aromatic rings. The highest BCUT2D eigenvalue weighted by Gasteiger charge is 2.51. The van der Waals surface area contributed by atoms with Crippen LogP contribution >= 0.6 is 12.2 Å². The van der Waals surface area contributed by atoms with Crippen LogP contribution in [0, 0.1) is 30.1 Å². The van der Waals surface area contributed by atoms with E-state index in [9.17, 15) is 9.59 Å². The lowest BCUT2D eigenvalue weighted by Gasteiger charge is -2.56. The van der Waals surface area contributed by atoms with Gasteiger partial charge >= 0.3 is 0 Å². The minimum Gasteiger partial charge on any atom is -0.451 e. The Morgan fingerprint density at radius 3 is 2.33 bits per heavy atom. The van der Waals surface area contributed by atoms with Gasteiger partial charge in [-0.1, -0.05) is 18.2 Å². The smallest absolute Gasteiger partial charge is 0.291 e. The number of aryl methyl sites for hydroxylation is 1. The van der Waals surface area contributed by atoms with Crippen molar-refractivity contribution < 1.29 is 14.0 Å². The second-order valence-corrected chi connectivity index (χ2v) is 11.6. The van der Waals surface area contributed by atoms with E-state index in [0.717, 1.165) is 34.4 Å². The molecule has 0 saturated heterocycles. The van der Waals surface area contributed by atoms with E-state index in [1.807, 2.05) is 49.4 Å². The molecule has 7 rings (SSSR count). The first-order chi connectivity index (χ1) is 17.3. The average Bonchev–Trinajstić information content (AvgIpc) is 3.24. The molecule has 4 aliphatic rings. The molecule has 36 heavy (non-hydrogen) atoms. The highest BCUT2D eigenvalue weighted by atomic mass is 32.1. The predicted octanol–water partition coefficient (Wildman–Crippen LogP) is 6.41. The van der Waals surface area contributed by atoms with Gasteiger partial charge in [-0.15, -0.1) is 0 Å². The molecule has 6 nitrogen and oxygen atoms in total. The molecule has 4 bridgehead atoms. The number of furan rings is 1. The Morgan fingerprint density at radius 2 is 1.67 bits per heavy atom. The number of benzene rings is 2. The Labute approximate surface area is 216 Å². The van der Waals surface area contributed by atoms with E-state index in [1.54, 1.807) is 6.07 Å². The van der Waals surface area contributed by atoms with E-state index in [1.165, 1.54) is 38.5 Å². The fourth-order valence-electron chi connectivity index (χ4n) is 7.34. The maximum Gasteiger partial charge on any atom is 0.291 e. The summed E-state index contributed by atoms with van der Waals surface area (Å²) < 4.78 is 5.66. The highest BCUT2D eigenvalue weighted by Crippen LogP contribution is 2.61. The van der Waals surface area contributed by atoms with Crippen LogP contribution in [0.25, 0.3) is 11.0 Å². The number of fused-ring (bicyclic) bond motifs is 1. The minimum absolute atomic E-state index is 0.0147. The summed E-state index contributed by atoms with van der Waals surface area (Å²) in [5, 5.41) is 10.1. The number of nitrogens with one attached hydrogen (secondary N) is 3. The quantitative estimate of drug-likeness (QED) is 0.352. The van der Waals surface area contributed by atoms with Gasteiger partial charge in [0, 0.05) is 23.2 Å². The van der Waals surface area contributed by atoms with E-state index in [4.69, 9.17) is 16.6 Å². The monoisotopic (exact) mass is 501 g/mol. The second kappa shape index (κ2) is 9.04. The van der Waals surface area contributed by atoms with Gasteiger partial charge in [-0.2, -0.15) is 0 Å². The summed E-state index contributed by atoms with van der Waals surface area (Å²) in [4.78, 5) is 25.6. The van der Waals surface area contributed by atoms with Gasteiger partial charge < -0.3 is 20.4 Å². The number of carbonyl (C=O) groups is 2. The third-order valence-electron chi connectivity index (χ3n) is 8.34. The number of anilines is 2. The summed E-state index contributed by atoms with van der Waals surface area (Å²) in [5.41, 5.74) is 3.17. The van der Waals surface area contributed by atoms with Gasteiger partial charge in [0.1, 0.15) is 5.58 Å². The molecule has 7 heteroatoms. The molecule has 0 aliphatic heterocycles. The van der Waals surface area contributed by atoms with E-state index in [0.29, 0.717) is 22.8 Å². The number of para-hydroxylation sites is 1. The third kappa shape index (κ3) is 4.64. The zero-order chi connectivity index (χ0) is 24.9. The number of amides is 2. The average molecular weight is 502 g/mol. The van der Waals surface area contributed by atoms with Crippen LogP contribution in [0.5, 0.6) is 0 Å². The molecular formula is C29H31N3O3S. The van der Waals surface area contributed by atoms with Crippen LogP contribution < -0.4 is 16.0 Å². The molecule has 3 N–H and O–H groups in total. The second-order valence-electron chi connectivity index (χ2n) is 11.2. The Bertz CT molecular complexity index is 1290. The number of rotatable bonds is 5. The molecule has 2 aromatic carbocycles. The number of thiocarbonyl (C=S) groups is 1. The van der Waals surface area contributed by atoms with Crippen molar-refractivity contribution in [1.29, 1.82) is 0 Å². The van der Waals surface area contributed by atoms with Gasteiger partial charge in [0.25, 0.3) is 5.91 Å². The standard InChI is InChI=1S/C29H31N3O3S/c1-17-8-22(6-7-23(17)31-27(34)25-12-21-4-2-3-5-24(21)35-25)30-28(36)32-26(33)16-29-13-18-9-19(14-29)11-20(10-18)15-29/h2-8,12,18-20H,9-11,13-16H2,1H3,(H,31,34)(H2,30,32,33,36). The molecule has 0 atom stereocenters. The first-order valence-electron chi connectivity index (χ1n) is 12.9. The van der Waals surface area contributed by atoms with Crippen molar-refractivity contribution in [3.8, 4) is 0 Å². The summed E-state index contributed by atoms with van der Waals surface area (Å²) in [6.07, 6.45) is 8.29. The van der Waals surface area contributed by atoms with Crippen LogP contribution in [0.15, 0.2) is 52.9 Å². The van der Waals surface area contributed by atoms with Gasteiger partial charge in [-0.05, 0) is 117 Å².